The van der Waals surface area contributed by atoms with Gasteiger partial charge >= 0.3 is 0 Å². The summed E-state index contributed by atoms with van der Waals surface area (Å²) in [6.45, 7) is 0. The minimum atomic E-state index is -0.607. The van der Waals surface area contributed by atoms with Gasteiger partial charge in [0.25, 0.3) is 0 Å². The molecular formula is C10H4ClFN2O. The molecule has 0 fully saturated rings. The Balaban J connectivity index is 2.96. The molecule has 15 heavy (non-hydrogen) atoms. The standard InChI is InChI=1S/C10H4ClFN2O/c11-7-1-6-9(2-8(7)12)14-4-5(3-13)10(6)15/h1-2,4H,(H,14,15). The van der Waals surface area contributed by atoms with Crippen molar-refractivity contribution in [3.63, 3.8) is 0 Å². The molecule has 74 valence electrons. The SMILES string of the molecule is N#Cc1c[nH]c2cc(F)c(Cl)cc2c1=O. The number of rotatable bonds is 0. The maximum absolute atomic E-state index is 13.0. The fraction of sp³-hybridized carbons (Fsp3) is 0. The molecule has 0 unspecified atom stereocenters. The number of hydrogen-bond acceptors (Lipinski definition) is 2. The lowest BCUT2D eigenvalue weighted by Crippen LogP contribution is -2.07. The van der Waals surface area contributed by atoms with Crippen LogP contribution in [0, 0.1) is 17.1 Å². The van der Waals surface area contributed by atoms with E-state index in [-0.39, 0.29) is 16.0 Å². The lowest BCUT2D eigenvalue weighted by Gasteiger charge is -1.99. The number of hydrogen-bond donors (Lipinski definition) is 1. The topological polar surface area (TPSA) is 56.6 Å². The normalized spacial score (nSPS) is 10.2. The zero-order chi connectivity index (χ0) is 11.0. The maximum atomic E-state index is 13.0. The molecule has 0 aliphatic heterocycles. The first kappa shape index (κ1) is 9.69. The van der Waals surface area contributed by atoms with Gasteiger partial charge in [-0.3, -0.25) is 4.79 Å². The average molecular weight is 223 g/mol. The summed E-state index contributed by atoms with van der Waals surface area (Å²) in [6.07, 6.45) is 1.25. The van der Waals surface area contributed by atoms with Crippen LogP contribution in [0.1, 0.15) is 5.56 Å². The van der Waals surface area contributed by atoms with Crippen LogP contribution in [0.25, 0.3) is 10.9 Å². The first-order valence-electron chi connectivity index (χ1n) is 4.04. The van der Waals surface area contributed by atoms with Gasteiger partial charge in [-0.25, -0.2) is 4.39 Å². The number of pyridine rings is 1. The monoisotopic (exact) mass is 222 g/mol. The van der Waals surface area contributed by atoms with E-state index in [1.165, 1.54) is 12.3 Å². The molecule has 1 aromatic carbocycles. The van der Waals surface area contributed by atoms with Crippen molar-refractivity contribution < 1.29 is 4.39 Å². The second kappa shape index (κ2) is 3.37. The summed E-state index contributed by atoms with van der Waals surface area (Å²) in [4.78, 5) is 14.3. The van der Waals surface area contributed by atoms with Crippen LogP contribution in [0.3, 0.4) is 0 Å². The third-order valence-electron chi connectivity index (χ3n) is 2.04. The van der Waals surface area contributed by atoms with Crippen LogP contribution >= 0.6 is 11.6 Å². The van der Waals surface area contributed by atoms with Crippen molar-refractivity contribution in [2.24, 2.45) is 0 Å². The van der Waals surface area contributed by atoms with E-state index >= 15 is 0 Å². The van der Waals surface area contributed by atoms with Gasteiger partial charge in [0.15, 0.2) is 0 Å². The highest BCUT2D eigenvalue weighted by molar-refractivity contribution is 6.31. The van der Waals surface area contributed by atoms with Crippen molar-refractivity contribution in [3.8, 4) is 6.07 Å². The molecular weight excluding hydrogens is 219 g/mol. The molecule has 1 N–H and O–H groups in total. The Bertz CT molecular complexity index is 642. The summed E-state index contributed by atoms with van der Waals surface area (Å²) >= 11 is 5.54. The van der Waals surface area contributed by atoms with Crippen molar-refractivity contribution in [2.75, 3.05) is 0 Å². The van der Waals surface area contributed by atoms with Gasteiger partial charge in [0, 0.05) is 11.6 Å². The Morgan fingerprint density at radius 1 is 1.47 bits per heavy atom. The van der Waals surface area contributed by atoms with Crippen molar-refractivity contribution >= 4 is 22.5 Å². The van der Waals surface area contributed by atoms with Gasteiger partial charge in [-0.15, -0.1) is 0 Å². The Hall–Kier alpha value is -1.86. The predicted octanol–water partition coefficient (Wildman–Crippen LogP) is 2.19. The zero-order valence-corrected chi connectivity index (χ0v) is 8.10. The molecule has 0 amide bonds. The van der Waals surface area contributed by atoms with Gasteiger partial charge in [0.2, 0.25) is 5.43 Å². The third kappa shape index (κ3) is 1.47. The summed E-state index contributed by atoms with van der Waals surface area (Å²) in [5, 5.41) is 8.70. The summed E-state index contributed by atoms with van der Waals surface area (Å²) in [7, 11) is 0. The Labute approximate surface area is 88.7 Å². The minimum Gasteiger partial charge on any atom is -0.360 e. The van der Waals surface area contributed by atoms with E-state index in [1.54, 1.807) is 6.07 Å². The van der Waals surface area contributed by atoms with E-state index in [4.69, 9.17) is 16.9 Å². The molecule has 0 atom stereocenters. The molecule has 0 aliphatic rings. The minimum absolute atomic E-state index is 0.0230. The first-order valence-corrected chi connectivity index (χ1v) is 4.42. The molecule has 0 bridgehead atoms. The highest BCUT2D eigenvalue weighted by Crippen LogP contribution is 2.19. The number of benzene rings is 1. The summed E-state index contributed by atoms with van der Waals surface area (Å²) < 4.78 is 13.0. The summed E-state index contributed by atoms with van der Waals surface area (Å²) in [5.41, 5.74) is -0.153. The van der Waals surface area contributed by atoms with Gasteiger partial charge in [-0.2, -0.15) is 5.26 Å². The van der Waals surface area contributed by atoms with Crippen molar-refractivity contribution in [1.29, 1.82) is 5.26 Å². The van der Waals surface area contributed by atoms with E-state index in [2.05, 4.69) is 4.98 Å². The maximum Gasteiger partial charge on any atom is 0.207 e. The van der Waals surface area contributed by atoms with Crippen LogP contribution in [-0.2, 0) is 0 Å². The lowest BCUT2D eigenvalue weighted by atomic mass is 10.1. The van der Waals surface area contributed by atoms with Gasteiger partial charge in [-0.05, 0) is 12.1 Å². The van der Waals surface area contributed by atoms with Crippen LogP contribution in [-0.4, -0.2) is 4.98 Å². The van der Waals surface area contributed by atoms with Crippen LogP contribution in [0.15, 0.2) is 23.1 Å². The Morgan fingerprint density at radius 2 is 2.20 bits per heavy atom. The van der Waals surface area contributed by atoms with Gasteiger partial charge in [0.05, 0.1) is 10.5 Å². The molecule has 0 saturated carbocycles. The lowest BCUT2D eigenvalue weighted by molar-refractivity contribution is 0.630. The van der Waals surface area contributed by atoms with Gasteiger partial charge in [0.1, 0.15) is 17.4 Å². The largest absolute Gasteiger partial charge is 0.360 e. The van der Waals surface area contributed by atoms with E-state index in [0.717, 1.165) is 6.07 Å². The second-order valence-corrected chi connectivity index (χ2v) is 3.36. The third-order valence-corrected chi connectivity index (χ3v) is 2.33. The van der Waals surface area contributed by atoms with Crippen molar-refractivity contribution in [3.05, 3.63) is 45.0 Å². The number of nitriles is 1. The van der Waals surface area contributed by atoms with E-state index in [9.17, 15) is 9.18 Å². The molecule has 0 saturated heterocycles. The number of H-pyrrole nitrogens is 1. The number of nitrogens with zero attached hydrogens (tertiary/aromatic N) is 1. The molecule has 0 aliphatic carbocycles. The van der Waals surface area contributed by atoms with Gasteiger partial charge < -0.3 is 4.98 Å². The quantitative estimate of drug-likeness (QED) is 0.743. The van der Waals surface area contributed by atoms with E-state index in [1.807, 2.05) is 0 Å². The van der Waals surface area contributed by atoms with E-state index < -0.39 is 11.2 Å². The fourth-order valence-corrected chi connectivity index (χ4v) is 1.46. The molecule has 2 aromatic rings. The Morgan fingerprint density at radius 3 is 2.87 bits per heavy atom. The number of halogens is 2. The molecule has 0 radical (unpaired) electrons. The molecule has 3 nitrogen and oxygen atoms in total. The van der Waals surface area contributed by atoms with Crippen LogP contribution in [0.2, 0.25) is 5.02 Å². The highest BCUT2D eigenvalue weighted by Gasteiger charge is 2.08. The molecule has 0 spiro atoms. The zero-order valence-electron chi connectivity index (χ0n) is 7.34. The number of nitrogens with one attached hydrogen (secondary N) is 1. The first-order chi connectivity index (χ1) is 7.13. The average Bonchev–Trinajstić information content (AvgIpc) is 2.22. The molecule has 1 aromatic heterocycles. The second-order valence-electron chi connectivity index (χ2n) is 2.96. The van der Waals surface area contributed by atoms with Gasteiger partial charge in [-0.1, -0.05) is 11.6 Å². The number of fused-ring (bicyclic) bond motifs is 1. The van der Waals surface area contributed by atoms with Crippen molar-refractivity contribution in [2.45, 2.75) is 0 Å². The molecule has 5 heteroatoms. The highest BCUT2D eigenvalue weighted by atomic mass is 35.5. The smallest absolute Gasteiger partial charge is 0.207 e. The number of aromatic nitrogens is 1. The van der Waals surface area contributed by atoms with Crippen LogP contribution < -0.4 is 5.43 Å². The van der Waals surface area contributed by atoms with E-state index in [0.29, 0.717) is 5.52 Å². The summed E-state index contributed by atoms with van der Waals surface area (Å²) in [5.74, 6) is -0.607. The number of aromatic amines is 1. The van der Waals surface area contributed by atoms with Crippen LogP contribution in [0.4, 0.5) is 4.39 Å². The predicted molar refractivity (Wildman–Crippen MR) is 54.3 cm³/mol. The van der Waals surface area contributed by atoms with Crippen LogP contribution in [0.5, 0.6) is 0 Å². The fourth-order valence-electron chi connectivity index (χ4n) is 1.30. The summed E-state index contributed by atoms with van der Waals surface area (Å²) in [6, 6.07) is 4.08. The molecule has 1 heterocycles. The molecule has 2 rings (SSSR count). The van der Waals surface area contributed by atoms with Crippen molar-refractivity contribution in [1.82, 2.24) is 4.98 Å². The Kier molecular flexibility index (Phi) is 2.18.